The number of ether oxygens (including phenoxy) is 2. The lowest BCUT2D eigenvalue weighted by atomic mass is 9.87. The monoisotopic (exact) mass is 237 g/mol. The average Bonchev–Trinajstić information content (AvgIpc) is 2.29. The van der Waals surface area contributed by atoms with E-state index in [1.807, 2.05) is 25.1 Å². The van der Waals surface area contributed by atoms with Gasteiger partial charge in [0.1, 0.15) is 5.75 Å². The van der Waals surface area contributed by atoms with E-state index in [1.165, 1.54) is 0 Å². The SMILES string of the molecule is COc1cc(C)ccc1NCC1(CO)COC1. The maximum Gasteiger partial charge on any atom is 0.142 e. The van der Waals surface area contributed by atoms with E-state index in [-0.39, 0.29) is 12.0 Å². The summed E-state index contributed by atoms with van der Waals surface area (Å²) in [6.07, 6.45) is 0. The standard InChI is InChI=1S/C13H19NO3/c1-10-3-4-11(12(5-10)16-2)14-6-13(7-15)8-17-9-13/h3-5,14-15H,6-9H2,1-2H3. The number of methoxy groups -OCH3 is 1. The number of hydrogen-bond acceptors (Lipinski definition) is 4. The van der Waals surface area contributed by atoms with Gasteiger partial charge in [0.25, 0.3) is 0 Å². The van der Waals surface area contributed by atoms with Gasteiger partial charge in [0, 0.05) is 6.54 Å². The van der Waals surface area contributed by atoms with E-state index >= 15 is 0 Å². The minimum absolute atomic E-state index is 0.129. The van der Waals surface area contributed by atoms with Gasteiger partial charge in [-0.25, -0.2) is 0 Å². The second kappa shape index (κ2) is 4.94. The van der Waals surface area contributed by atoms with Crippen molar-refractivity contribution in [3.8, 4) is 5.75 Å². The van der Waals surface area contributed by atoms with Crippen molar-refractivity contribution in [2.45, 2.75) is 6.92 Å². The fraction of sp³-hybridized carbons (Fsp3) is 0.538. The van der Waals surface area contributed by atoms with Crippen LogP contribution in [0.25, 0.3) is 0 Å². The van der Waals surface area contributed by atoms with E-state index in [1.54, 1.807) is 7.11 Å². The van der Waals surface area contributed by atoms with Crippen LogP contribution in [0.1, 0.15) is 5.56 Å². The molecule has 1 aliphatic heterocycles. The topological polar surface area (TPSA) is 50.7 Å². The van der Waals surface area contributed by atoms with Gasteiger partial charge in [-0.15, -0.1) is 0 Å². The maximum atomic E-state index is 9.33. The lowest BCUT2D eigenvalue weighted by Crippen LogP contribution is -2.50. The van der Waals surface area contributed by atoms with Crippen LogP contribution in [-0.4, -0.2) is 38.6 Å². The summed E-state index contributed by atoms with van der Waals surface area (Å²) in [7, 11) is 1.66. The van der Waals surface area contributed by atoms with Crippen LogP contribution in [0, 0.1) is 12.3 Å². The zero-order valence-electron chi connectivity index (χ0n) is 10.3. The van der Waals surface area contributed by atoms with Crippen LogP contribution in [-0.2, 0) is 4.74 Å². The van der Waals surface area contributed by atoms with Crippen molar-refractivity contribution >= 4 is 5.69 Å². The molecular weight excluding hydrogens is 218 g/mol. The van der Waals surface area contributed by atoms with Gasteiger partial charge < -0.3 is 19.9 Å². The highest BCUT2D eigenvalue weighted by molar-refractivity contribution is 5.57. The third-order valence-electron chi connectivity index (χ3n) is 3.16. The summed E-state index contributed by atoms with van der Waals surface area (Å²) in [5.74, 6) is 0.832. The molecule has 1 aliphatic rings. The second-order valence-corrected chi connectivity index (χ2v) is 4.71. The Labute approximate surface area is 102 Å². The Morgan fingerprint density at radius 1 is 1.47 bits per heavy atom. The van der Waals surface area contributed by atoms with Gasteiger partial charge in [-0.05, 0) is 24.6 Å². The Kier molecular flexibility index (Phi) is 3.54. The second-order valence-electron chi connectivity index (χ2n) is 4.71. The Balaban J connectivity index is 2.03. The molecule has 0 aliphatic carbocycles. The van der Waals surface area contributed by atoms with Gasteiger partial charge in [0.05, 0.1) is 38.0 Å². The van der Waals surface area contributed by atoms with Crippen LogP contribution in [0.15, 0.2) is 18.2 Å². The van der Waals surface area contributed by atoms with Crippen LogP contribution in [0.3, 0.4) is 0 Å². The van der Waals surface area contributed by atoms with E-state index in [4.69, 9.17) is 9.47 Å². The van der Waals surface area contributed by atoms with Crippen molar-refractivity contribution in [1.29, 1.82) is 0 Å². The van der Waals surface area contributed by atoms with Crippen LogP contribution >= 0.6 is 0 Å². The molecule has 1 fully saturated rings. The van der Waals surface area contributed by atoms with Gasteiger partial charge >= 0.3 is 0 Å². The molecule has 4 nitrogen and oxygen atoms in total. The summed E-state index contributed by atoms with van der Waals surface area (Å²) < 4.78 is 10.5. The molecule has 0 amide bonds. The van der Waals surface area contributed by atoms with Crippen LogP contribution in [0.2, 0.25) is 0 Å². The van der Waals surface area contributed by atoms with Gasteiger partial charge in [-0.1, -0.05) is 6.07 Å². The number of benzene rings is 1. The third kappa shape index (κ3) is 2.53. The Hall–Kier alpha value is -1.26. The Morgan fingerprint density at radius 3 is 2.76 bits per heavy atom. The zero-order chi connectivity index (χ0) is 12.3. The summed E-state index contributed by atoms with van der Waals surface area (Å²) >= 11 is 0. The maximum absolute atomic E-state index is 9.33. The summed E-state index contributed by atoms with van der Waals surface area (Å²) in [6, 6.07) is 6.03. The zero-order valence-corrected chi connectivity index (χ0v) is 10.3. The van der Waals surface area contributed by atoms with Crippen molar-refractivity contribution < 1.29 is 14.6 Å². The Bertz CT molecular complexity index is 383. The number of aliphatic hydroxyl groups is 1. The van der Waals surface area contributed by atoms with E-state index in [0.717, 1.165) is 17.0 Å². The quantitative estimate of drug-likeness (QED) is 0.813. The molecule has 1 aromatic carbocycles. The van der Waals surface area contributed by atoms with Crippen molar-refractivity contribution in [3.63, 3.8) is 0 Å². The number of hydrogen-bond donors (Lipinski definition) is 2. The molecule has 1 heterocycles. The highest BCUT2D eigenvalue weighted by Gasteiger charge is 2.37. The molecule has 1 saturated heterocycles. The number of rotatable bonds is 5. The summed E-state index contributed by atoms with van der Waals surface area (Å²) in [4.78, 5) is 0. The van der Waals surface area contributed by atoms with Gasteiger partial charge in [-0.2, -0.15) is 0 Å². The van der Waals surface area contributed by atoms with Crippen LogP contribution in [0.4, 0.5) is 5.69 Å². The summed E-state index contributed by atoms with van der Waals surface area (Å²) in [5.41, 5.74) is 1.99. The Morgan fingerprint density at radius 2 is 2.24 bits per heavy atom. The van der Waals surface area contributed by atoms with Crippen molar-refractivity contribution in [2.75, 3.05) is 38.8 Å². The summed E-state index contributed by atoms with van der Waals surface area (Å²) in [5, 5.41) is 12.7. The van der Waals surface area contributed by atoms with Crippen molar-refractivity contribution in [3.05, 3.63) is 23.8 Å². The predicted molar refractivity (Wildman–Crippen MR) is 66.6 cm³/mol. The molecule has 0 atom stereocenters. The number of nitrogens with one attached hydrogen (secondary N) is 1. The molecule has 0 unspecified atom stereocenters. The van der Waals surface area contributed by atoms with Gasteiger partial charge in [0.15, 0.2) is 0 Å². The molecule has 2 rings (SSSR count). The lowest BCUT2D eigenvalue weighted by molar-refractivity contribution is -0.128. The van der Waals surface area contributed by atoms with E-state index < -0.39 is 0 Å². The third-order valence-corrected chi connectivity index (χ3v) is 3.16. The number of anilines is 1. The molecule has 0 radical (unpaired) electrons. The molecule has 4 heteroatoms. The first-order valence-corrected chi connectivity index (χ1v) is 5.76. The highest BCUT2D eigenvalue weighted by atomic mass is 16.5. The lowest BCUT2D eigenvalue weighted by Gasteiger charge is -2.40. The molecule has 1 aromatic rings. The minimum atomic E-state index is -0.129. The van der Waals surface area contributed by atoms with Gasteiger partial charge in [0.2, 0.25) is 0 Å². The fourth-order valence-corrected chi connectivity index (χ4v) is 1.87. The molecule has 0 spiro atoms. The average molecular weight is 237 g/mol. The van der Waals surface area contributed by atoms with E-state index in [2.05, 4.69) is 5.32 Å². The van der Waals surface area contributed by atoms with Crippen LogP contribution in [0.5, 0.6) is 5.75 Å². The van der Waals surface area contributed by atoms with Crippen molar-refractivity contribution in [1.82, 2.24) is 0 Å². The summed E-state index contributed by atoms with van der Waals surface area (Å²) in [6.45, 7) is 4.10. The number of aliphatic hydroxyl groups excluding tert-OH is 1. The first-order valence-electron chi connectivity index (χ1n) is 5.76. The molecule has 0 bridgehead atoms. The molecule has 0 saturated carbocycles. The fourth-order valence-electron chi connectivity index (χ4n) is 1.87. The molecular formula is C13H19NO3. The largest absolute Gasteiger partial charge is 0.495 e. The van der Waals surface area contributed by atoms with Crippen molar-refractivity contribution in [2.24, 2.45) is 5.41 Å². The van der Waals surface area contributed by atoms with E-state index in [0.29, 0.717) is 19.8 Å². The normalized spacial score (nSPS) is 17.4. The molecule has 17 heavy (non-hydrogen) atoms. The van der Waals surface area contributed by atoms with Crippen LogP contribution < -0.4 is 10.1 Å². The molecule has 2 N–H and O–H groups in total. The molecule has 0 aromatic heterocycles. The predicted octanol–water partition coefficient (Wildman–Crippen LogP) is 1.42. The first-order chi connectivity index (χ1) is 8.19. The van der Waals surface area contributed by atoms with E-state index in [9.17, 15) is 5.11 Å². The highest BCUT2D eigenvalue weighted by Crippen LogP contribution is 2.30. The number of aryl methyl sites for hydroxylation is 1. The first kappa shape index (κ1) is 12.2. The smallest absolute Gasteiger partial charge is 0.142 e. The molecule has 94 valence electrons. The minimum Gasteiger partial charge on any atom is -0.495 e. The van der Waals surface area contributed by atoms with Gasteiger partial charge in [-0.3, -0.25) is 0 Å².